The van der Waals surface area contributed by atoms with Crippen molar-refractivity contribution < 1.29 is 9.59 Å². The summed E-state index contributed by atoms with van der Waals surface area (Å²) in [6.07, 6.45) is 0.372. The van der Waals surface area contributed by atoms with E-state index in [0.717, 1.165) is 0 Å². The van der Waals surface area contributed by atoms with Crippen LogP contribution in [-0.4, -0.2) is 22.4 Å². The predicted molar refractivity (Wildman–Crippen MR) is 33.8 cm³/mol. The highest BCUT2D eigenvalue weighted by molar-refractivity contribution is 9.07. The van der Waals surface area contributed by atoms with Gasteiger partial charge in [-0.1, -0.05) is 0 Å². The van der Waals surface area contributed by atoms with E-state index in [4.69, 9.17) is 0 Å². The van der Waals surface area contributed by atoms with Crippen LogP contribution in [0.4, 0.5) is 4.79 Å². The normalized spacial score (nSPS) is 19.9. The second-order valence-electron chi connectivity index (χ2n) is 1.69. The summed E-state index contributed by atoms with van der Waals surface area (Å²) < 4.78 is 1.29. The molecule has 9 heavy (non-hydrogen) atoms. The van der Waals surface area contributed by atoms with Gasteiger partial charge in [0.2, 0.25) is 5.91 Å². The summed E-state index contributed by atoms with van der Waals surface area (Å²) in [5, 5.41) is 2.13. The lowest BCUT2D eigenvalue weighted by molar-refractivity contribution is -0.120. The molecule has 5 heteroatoms. The zero-order chi connectivity index (χ0) is 6.85. The lowest BCUT2D eigenvalue weighted by atomic mass is 10.3. The average molecular weight is 193 g/mol. The van der Waals surface area contributed by atoms with Crippen molar-refractivity contribution in [3.8, 4) is 0 Å². The minimum Gasteiger partial charge on any atom is -0.277 e. The Morgan fingerprint density at radius 1 is 1.56 bits per heavy atom. The molecule has 0 bridgehead atoms. The molecule has 0 aromatic rings. The zero-order valence-corrected chi connectivity index (χ0v) is 6.14. The molecule has 1 N–H and O–H groups in total. The summed E-state index contributed by atoms with van der Waals surface area (Å²) >= 11 is 2.95. The van der Waals surface area contributed by atoms with Crippen LogP contribution >= 0.6 is 16.1 Å². The molecule has 1 aliphatic rings. The van der Waals surface area contributed by atoms with E-state index in [1.807, 2.05) is 0 Å². The fourth-order valence-electron chi connectivity index (χ4n) is 0.544. The number of hydrogen-bond acceptors (Lipinski definition) is 2. The van der Waals surface area contributed by atoms with E-state index >= 15 is 0 Å². The summed E-state index contributed by atoms with van der Waals surface area (Å²) in [5.41, 5.74) is 0. The third-order valence-corrected chi connectivity index (χ3v) is 1.68. The molecule has 0 spiro atoms. The van der Waals surface area contributed by atoms with Crippen molar-refractivity contribution in [1.29, 1.82) is 0 Å². The van der Waals surface area contributed by atoms with Gasteiger partial charge in [0.15, 0.2) is 0 Å². The van der Waals surface area contributed by atoms with Crippen LogP contribution in [0.25, 0.3) is 0 Å². The standard InChI is InChI=1S/C4H5BrN2O2/c5-7-2-1-3(8)6-4(7)9/h1-2H2,(H,6,8,9). The molecule has 1 aliphatic heterocycles. The third-order valence-electron chi connectivity index (χ3n) is 1.00. The Morgan fingerprint density at radius 2 is 2.22 bits per heavy atom. The number of halogens is 1. The largest absolute Gasteiger partial charge is 0.334 e. The molecule has 3 amide bonds. The Morgan fingerprint density at radius 3 is 2.67 bits per heavy atom. The van der Waals surface area contributed by atoms with Crippen molar-refractivity contribution in [2.45, 2.75) is 6.42 Å². The molecular formula is C4H5BrN2O2. The van der Waals surface area contributed by atoms with Crippen LogP contribution < -0.4 is 5.32 Å². The van der Waals surface area contributed by atoms with E-state index in [1.54, 1.807) is 0 Å². The Balaban J connectivity index is 2.54. The first-order chi connectivity index (χ1) is 4.20. The number of nitrogens with zero attached hydrogens (tertiary/aromatic N) is 1. The molecule has 1 saturated heterocycles. The van der Waals surface area contributed by atoms with E-state index in [-0.39, 0.29) is 11.9 Å². The van der Waals surface area contributed by atoms with E-state index in [9.17, 15) is 9.59 Å². The molecule has 50 valence electrons. The van der Waals surface area contributed by atoms with Crippen molar-refractivity contribution in [3.63, 3.8) is 0 Å². The van der Waals surface area contributed by atoms with Crippen LogP contribution in [0.5, 0.6) is 0 Å². The van der Waals surface area contributed by atoms with Crippen molar-refractivity contribution in [3.05, 3.63) is 0 Å². The Kier molecular flexibility index (Phi) is 1.70. The second kappa shape index (κ2) is 2.34. The fourth-order valence-corrected chi connectivity index (χ4v) is 0.810. The lowest BCUT2D eigenvalue weighted by Gasteiger charge is -2.18. The molecule has 0 aromatic heterocycles. The minimum absolute atomic E-state index is 0.212. The quantitative estimate of drug-likeness (QED) is 0.560. The second-order valence-corrected chi connectivity index (χ2v) is 2.55. The van der Waals surface area contributed by atoms with Crippen molar-refractivity contribution >= 4 is 28.1 Å². The van der Waals surface area contributed by atoms with Crippen LogP contribution in [0.3, 0.4) is 0 Å². The first kappa shape index (κ1) is 6.54. The number of rotatable bonds is 0. The molecule has 1 heterocycles. The molecular weight excluding hydrogens is 188 g/mol. The van der Waals surface area contributed by atoms with Crippen LogP contribution in [0.15, 0.2) is 0 Å². The van der Waals surface area contributed by atoms with Gasteiger partial charge >= 0.3 is 6.03 Å². The Hall–Kier alpha value is -0.580. The van der Waals surface area contributed by atoms with E-state index in [1.165, 1.54) is 3.93 Å². The van der Waals surface area contributed by atoms with Gasteiger partial charge < -0.3 is 0 Å². The van der Waals surface area contributed by atoms with Gasteiger partial charge in [-0.05, 0) is 0 Å². The number of imide groups is 1. The van der Waals surface area contributed by atoms with Crippen LogP contribution in [-0.2, 0) is 4.79 Å². The van der Waals surface area contributed by atoms with Gasteiger partial charge in [0.25, 0.3) is 0 Å². The maximum absolute atomic E-state index is 10.6. The van der Waals surface area contributed by atoms with Gasteiger partial charge in [0, 0.05) is 13.0 Å². The molecule has 0 radical (unpaired) electrons. The smallest absolute Gasteiger partial charge is 0.277 e. The molecule has 0 atom stereocenters. The van der Waals surface area contributed by atoms with Crippen LogP contribution in [0.2, 0.25) is 0 Å². The summed E-state index contributed by atoms with van der Waals surface area (Å²) in [4.78, 5) is 21.0. The number of urea groups is 1. The van der Waals surface area contributed by atoms with Gasteiger partial charge in [0.05, 0.1) is 16.1 Å². The van der Waals surface area contributed by atoms with E-state index < -0.39 is 0 Å². The SMILES string of the molecule is O=C1CCN(Br)C(=O)N1. The molecule has 1 fully saturated rings. The summed E-state index contributed by atoms with van der Waals surface area (Å²) in [5.74, 6) is -0.212. The first-order valence-corrected chi connectivity index (χ1v) is 3.18. The Bertz CT molecular complexity index is 159. The summed E-state index contributed by atoms with van der Waals surface area (Å²) in [6, 6.07) is -0.383. The molecule has 0 aliphatic carbocycles. The maximum atomic E-state index is 10.6. The zero-order valence-electron chi connectivity index (χ0n) is 4.56. The van der Waals surface area contributed by atoms with Gasteiger partial charge in [-0.25, -0.2) is 4.79 Å². The van der Waals surface area contributed by atoms with E-state index in [2.05, 4.69) is 21.5 Å². The topological polar surface area (TPSA) is 49.4 Å². The first-order valence-electron chi connectivity index (χ1n) is 2.47. The summed E-state index contributed by atoms with van der Waals surface area (Å²) in [6.45, 7) is 0.449. The molecule has 0 unspecified atom stereocenters. The van der Waals surface area contributed by atoms with Gasteiger partial charge in [0.1, 0.15) is 0 Å². The lowest BCUT2D eigenvalue weighted by Crippen LogP contribution is -2.44. The van der Waals surface area contributed by atoms with E-state index in [0.29, 0.717) is 13.0 Å². The fraction of sp³-hybridized carbons (Fsp3) is 0.500. The number of nitrogens with one attached hydrogen (secondary N) is 1. The van der Waals surface area contributed by atoms with Gasteiger partial charge in [-0.2, -0.15) is 0 Å². The van der Waals surface area contributed by atoms with Crippen LogP contribution in [0, 0.1) is 0 Å². The third kappa shape index (κ3) is 1.41. The molecule has 0 saturated carbocycles. The van der Waals surface area contributed by atoms with Crippen molar-refractivity contribution in [2.24, 2.45) is 0 Å². The maximum Gasteiger partial charge on any atom is 0.334 e. The molecule has 0 aromatic carbocycles. The monoisotopic (exact) mass is 192 g/mol. The minimum atomic E-state index is -0.383. The highest BCUT2D eigenvalue weighted by Gasteiger charge is 2.19. The highest BCUT2D eigenvalue weighted by Crippen LogP contribution is 2.04. The average Bonchev–Trinajstić information content (AvgIpc) is 1.80. The number of amides is 3. The van der Waals surface area contributed by atoms with Crippen LogP contribution in [0.1, 0.15) is 6.42 Å². The molecule has 1 rings (SSSR count). The Labute approximate surface area is 60.5 Å². The number of carbonyl (C=O) groups is 2. The van der Waals surface area contributed by atoms with Crippen molar-refractivity contribution in [2.75, 3.05) is 6.54 Å². The predicted octanol–water partition coefficient (Wildman–Crippen LogP) is 0.238. The number of hydrogen-bond donors (Lipinski definition) is 1. The summed E-state index contributed by atoms with van der Waals surface area (Å²) in [7, 11) is 0. The van der Waals surface area contributed by atoms with Gasteiger partial charge in [-0.15, -0.1) is 0 Å². The number of carbonyl (C=O) groups excluding carboxylic acids is 2. The molecule has 4 nitrogen and oxygen atoms in total. The highest BCUT2D eigenvalue weighted by atomic mass is 79.9. The van der Waals surface area contributed by atoms with Crippen molar-refractivity contribution in [1.82, 2.24) is 9.24 Å². The van der Waals surface area contributed by atoms with Gasteiger partial charge in [-0.3, -0.25) is 14.0 Å².